The van der Waals surface area contributed by atoms with E-state index in [1.165, 1.54) is 9.80 Å². The molecule has 6 N–H and O–H groups in total. The summed E-state index contributed by atoms with van der Waals surface area (Å²) in [5.74, 6) is -8.68. The van der Waals surface area contributed by atoms with Gasteiger partial charge in [-0.1, -0.05) is 7.43 Å². The number of carbonyl (C=O) groups excluding carboxylic acids is 4. The number of likely N-dealkylation sites (N-methyl/N-ethyl adjacent to an activating group) is 2. The highest BCUT2D eigenvalue weighted by Gasteiger charge is 2.40. The molecule has 2 saturated heterocycles. The summed E-state index contributed by atoms with van der Waals surface area (Å²) in [5.41, 5.74) is 11.4. The van der Waals surface area contributed by atoms with Crippen molar-refractivity contribution in [2.45, 2.75) is 90.4 Å². The van der Waals surface area contributed by atoms with Gasteiger partial charge in [0, 0.05) is 49.1 Å². The maximum Gasteiger partial charge on any atom is 0.373 e. The zero-order chi connectivity index (χ0) is 37.7. The molecule has 0 spiro atoms. The van der Waals surface area contributed by atoms with Crippen molar-refractivity contribution in [2.24, 2.45) is 11.5 Å². The van der Waals surface area contributed by atoms with E-state index in [9.17, 15) is 40.7 Å². The van der Waals surface area contributed by atoms with Gasteiger partial charge in [-0.15, -0.1) is 0 Å². The van der Waals surface area contributed by atoms with Gasteiger partial charge in [-0.25, -0.2) is 26.3 Å². The number of hydrogen-bond acceptors (Lipinski definition) is 8. The summed E-state index contributed by atoms with van der Waals surface area (Å²) in [7, 11) is 0. The molecule has 11 nitrogen and oxygen atoms in total. The SMILES string of the molecule is C.CCN1C(=O)C(N)C[C@@H](c2cc(F)cc(F)c2F)[C@H]1C.CCN1C(=O)[C@@H](N)C[C@@H](c2cc(F)cc(F)c2F)[C@H]1C.O=C(O)CCO.O=C=O. The van der Waals surface area contributed by atoms with E-state index in [1.807, 2.05) is 0 Å². The lowest BCUT2D eigenvalue weighted by molar-refractivity contribution is -0.191. The second-order valence-corrected chi connectivity index (χ2v) is 11.2. The van der Waals surface area contributed by atoms with E-state index in [0.717, 1.165) is 12.1 Å². The molecule has 4 rings (SSSR count). The lowest BCUT2D eigenvalue weighted by Gasteiger charge is -2.41. The number of amides is 2. The van der Waals surface area contributed by atoms with Gasteiger partial charge in [-0.05, 0) is 63.8 Å². The minimum absolute atomic E-state index is 0. The van der Waals surface area contributed by atoms with E-state index in [0.29, 0.717) is 25.2 Å². The van der Waals surface area contributed by atoms with Crippen LogP contribution in [-0.4, -0.2) is 87.8 Å². The Balaban J connectivity index is 0.000000763. The predicted molar refractivity (Wildman–Crippen MR) is 168 cm³/mol. The number of nitrogens with two attached hydrogens (primary N) is 2. The molecule has 17 heteroatoms. The minimum Gasteiger partial charge on any atom is -0.481 e. The Morgan fingerprint density at radius 1 is 0.780 bits per heavy atom. The number of benzene rings is 2. The molecule has 0 radical (unpaired) electrons. The van der Waals surface area contributed by atoms with Crippen LogP contribution in [0.2, 0.25) is 0 Å². The molecule has 6 atom stereocenters. The van der Waals surface area contributed by atoms with Crippen molar-refractivity contribution in [3.05, 3.63) is 70.3 Å². The molecule has 2 aliphatic rings. The van der Waals surface area contributed by atoms with Crippen LogP contribution in [-0.2, 0) is 24.0 Å². The topological polar surface area (TPSA) is 184 Å². The fourth-order valence-corrected chi connectivity index (χ4v) is 5.85. The zero-order valence-electron chi connectivity index (χ0n) is 27.3. The van der Waals surface area contributed by atoms with Gasteiger partial charge in [0.05, 0.1) is 25.1 Å². The van der Waals surface area contributed by atoms with Gasteiger partial charge in [0.25, 0.3) is 0 Å². The Morgan fingerprint density at radius 3 is 1.34 bits per heavy atom. The first kappa shape index (κ1) is 45.7. The third-order valence-electron chi connectivity index (χ3n) is 8.21. The normalized spacial score (nSPS) is 22.7. The van der Waals surface area contributed by atoms with Crippen LogP contribution in [0.3, 0.4) is 0 Å². The second kappa shape index (κ2) is 21.0. The quantitative estimate of drug-likeness (QED) is 0.254. The van der Waals surface area contributed by atoms with Crippen molar-refractivity contribution in [1.29, 1.82) is 0 Å². The Morgan fingerprint density at radius 2 is 1.10 bits per heavy atom. The van der Waals surface area contributed by atoms with Crippen molar-refractivity contribution in [3.8, 4) is 0 Å². The fraction of sp³-hybridized carbons (Fsp3) is 0.515. The number of nitrogens with zero attached hydrogens (tertiary/aromatic N) is 2. The van der Waals surface area contributed by atoms with Gasteiger partial charge in [0.1, 0.15) is 11.6 Å². The molecule has 50 heavy (non-hydrogen) atoms. The van der Waals surface area contributed by atoms with Gasteiger partial charge in [0.15, 0.2) is 23.3 Å². The molecule has 0 aromatic heterocycles. The van der Waals surface area contributed by atoms with Crippen LogP contribution in [0.4, 0.5) is 26.3 Å². The van der Waals surface area contributed by atoms with E-state index < -0.39 is 64.8 Å². The van der Waals surface area contributed by atoms with Crippen LogP contribution in [0.5, 0.6) is 0 Å². The summed E-state index contributed by atoms with van der Waals surface area (Å²) >= 11 is 0. The maximum atomic E-state index is 13.9. The number of aliphatic hydroxyl groups excluding tert-OH is 1. The minimum atomic E-state index is -1.22. The summed E-state index contributed by atoms with van der Waals surface area (Å²) in [6, 6.07) is 0.713. The highest BCUT2D eigenvalue weighted by Crippen LogP contribution is 2.36. The summed E-state index contributed by atoms with van der Waals surface area (Å²) in [4.78, 5) is 52.6. The Labute approximate surface area is 286 Å². The number of carboxylic acids is 1. The lowest BCUT2D eigenvalue weighted by atomic mass is 9.81. The number of aliphatic carboxylic acids is 1. The summed E-state index contributed by atoms with van der Waals surface area (Å²) in [5, 5.41) is 15.6. The smallest absolute Gasteiger partial charge is 0.373 e. The monoisotopic (exact) mass is 722 g/mol. The molecular weight excluding hydrogens is 678 g/mol. The van der Waals surface area contributed by atoms with Crippen molar-refractivity contribution in [2.75, 3.05) is 19.7 Å². The highest BCUT2D eigenvalue weighted by molar-refractivity contribution is 5.83. The number of likely N-dealkylation sites (tertiary alicyclic amines) is 2. The van der Waals surface area contributed by atoms with Crippen LogP contribution in [0.15, 0.2) is 24.3 Å². The molecule has 2 aromatic carbocycles. The van der Waals surface area contributed by atoms with Crippen molar-refractivity contribution >= 4 is 23.9 Å². The first-order valence-electron chi connectivity index (χ1n) is 15.1. The number of carbonyl (C=O) groups is 3. The molecule has 2 fully saturated rings. The molecule has 0 bridgehead atoms. The molecular formula is C33H44F6N4O7. The number of piperidine rings is 2. The van der Waals surface area contributed by atoms with Crippen LogP contribution >= 0.6 is 0 Å². The molecule has 1 unspecified atom stereocenters. The van der Waals surface area contributed by atoms with Crippen molar-refractivity contribution < 1.29 is 60.5 Å². The molecule has 2 aromatic rings. The number of aliphatic hydroxyl groups is 1. The highest BCUT2D eigenvalue weighted by atomic mass is 19.2. The molecule has 0 saturated carbocycles. The van der Waals surface area contributed by atoms with Crippen LogP contribution in [0.25, 0.3) is 0 Å². The number of carboxylic acid groups (broad SMARTS) is 1. The van der Waals surface area contributed by atoms with Crippen LogP contribution in [0.1, 0.15) is 77.3 Å². The summed E-state index contributed by atoms with van der Waals surface area (Å²) in [6.45, 7) is 7.61. The third-order valence-corrected chi connectivity index (χ3v) is 8.21. The van der Waals surface area contributed by atoms with Crippen LogP contribution in [0, 0.1) is 34.9 Å². The van der Waals surface area contributed by atoms with E-state index in [1.54, 1.807) is 27.7 Å². The maximum absolute atomic E-state index is 13.9. The largest absolute Gasteiger partial charge is 0.481 e. The van der Waals surface area contributed by atoms with Crippen LogP contribution < -0.4 is 11.5 Å². The fourth-order valence-electron chi connectivity index (χ4n) is 5.85. The van der Waals surface area contributed by atoms with Gasteiger partial charge in [-0.3, -0.25) is 14.4 Å². The number of rotatable bonds is 6. The molecule has 2 amide bonds. The first-order chi connectivity index (χ1) is 22.9. The summed E-state index contributed by atoms with van der Waals surface area (Å²) < 4.78 is 81.2. The molecule has 2 heterocycles. The molecule has 280 valence electrons. The van der Waals surface area contributed by atoms with Crippen molar-refractivity contribution in [3.63, 3.8) is 0 Å². The average Bonchev–Trinajstić information content (AvgIpc) is 3.02. The lowest BCUT2D eigenvalue weighted by Crippen LogP contribution is -2.55. The molecule has 2 aliphatic heterocycles. The number of hydrogen-bond donors (Lipinski definition) is 4. The van der Waals surface area contributed by atoms with Gasteiger partial charge >= 0.3 is 12.1 Å². The standard InChI is InChI=1S/2C14H17F3N2O.C3H6O3.CO2.CH4/c2*1-3-19-7(2)9(6-12(18)14(19)20)10-4-8(15)5-11(16)13(10)17;4-2-1-3(5)6;2-1-3;/h2*4-5,7,9,12H,3,6,18H2,1-2H3;4H,1-2H2,(H,5,6);;1H4/t7-,9-,12?;7-,9-,12+;;;/m11.../s1. The summed E-state index contributed by atoms with van der Waals surface area (Å²) in [6.07, 6.45) is 0.451. The first-order valence-corrected chi connectivity index (χ1v) is 15.1. The second-order valence-electron chi connectivity index (χ2n) is 11.2. The van der Waals surface area contributed by atoms with Crippen molar-refractivity contribution in [1.82, 2.24) is 9.80 Å². The average molecular weight is 723 g/mol. The van der Waals surface area contributed by atoms with E-state index in [4.69, 9.17) is 31.3 Å². The van der Waals surface area contributed by atoms with E-state index >= 15 is 0 Å². The Kier molecular flexibility index (Phi) is 19.2. The van der Waals surface area contributed by atoms with Gasteiger partial charge in [-0.2, -0.15) is 9.59 Å². The molecule has 0 aliphatic carbocycles. The third kappa shape index (κ3) is 11.6. The number of halogens is 6. The van der Waals surface area contributed by atoms with E-state index in [2.05, 4.69) is 0 Å². The Bertz CT molecular complexity index is 1400. The predicted octanol–water partition coefficient (Wildman–Crippen LogP) is 3.82. The van der Waals surface area contributed by atoms with E-state index in [-0.39, 0.29) is 74.5 Å². The Hall–Kier alpha value is -4.31. The van der Waals surface area contributed by atoms with Gasteiger partial charge in [0.2, 0.25) is 11.8 Å². The zero-order valence-corrected chi connectivity index (χ0v) is 27.3. The van der Waals surface area contributed by atoms with Gasteiger partial charge < -0.3 is 31.5 Å².